The Balaban J connectivity index is 0.000000126. The second-order valence-electron chi connectivity index (χ2n) is 29.7. The number of pyridine rings is 3. The Morgan fingerprint density at radius 1 is 0.239 bits per heavy atom. The van der Waals surface area contributed by atoms with E-state index in [1.807, 2.05) is 0 Å². The van der Waals surface area contributed by atoms with Gasteiger partial charge in [0.25, 0.3) is 0 Å². The lowest BCUT2D eigenvalue weighted by Crippen LogP contribution is -2.30. The summed E-state index contributed by atoms with van der Waals surface area (Å²) in [5.74, 6) is 8.42. The molecule has 6 aliphatic carbocycles. The average Bonchev–Trinajstić information content (AvgIpc) is 1.63. The molecular formula is C89H106N3+3. The zero-order valence-corrected chi connectivity index (χ0v) is 56.9. The van der Waals surface area contributed by atoms with Gasteiger partial charge < -0.3 is 0 Å². The summed E-state index contributed by atoms with van der Waals surface area (Å²) in [4.78, 5) is 0. The summed E-state index contributed by atoms with van der Waals surface area (Å²) < 4.78 is 6.78. The predicted octanol–water partition coefficient (Wildman–Crippen LogP) is 22.5. The molecular weight excluding hydrogens is 1110 g/mol. The molecule has 3 nitrogen and oxygen atoms in total. The molecule has 6 aliphatic rings. The topological polar surface area (TPSA) is 11.6 Å². The molecule has 0 aliphatic heterocycles. The average molecular weight is 1220 g/mol. The fourth-order valence-electron chi connectivity index (χ4n) is 18.5. The third kappa shape index (κ3) is 14.9. The minimum Gasteiger partial charge on any atom is -0.200 e. The number of aromatic nitrogens is 3. The number of rotatable bonds is 12. The van der Waals surface area contributed by atoms with Gasteiger partial charge in [0, 0.05) is 51.6 Å². The van der Waals surface area contributed by atoms with Crippen LogP contribution in [0.25, 0.3) is 67.2 Å². The van der Waals surface area contributed by atoms with E-state index < -0.39 is 0 Å². The third-order valence-electron chi connectivity index (χ3n) is 24.0. The van der Waals surface area contributed by atoms with Crippen LogP contribution >= 0.6 is 0 Å². The minimum atomic E-state index is 0.770. The van der Waals surface area contributed by atoms with Crippen LogP contribution in [0.3, 0.4) is 0 Å². The Labute approximate surface area is 554 Å². The van der Waals surface area contributed by atoms with Gasteiger partial charge in [0.05, 0.1) is 0 Å². The van der Waals surface area contributed by atoms with Gasteiger partial charge in [-0.25, -0.2) is 13.7 Å². The van der Waals surface area contributed by atoms with Crippen molar-refractivity contribution in [2.75, 3.05) is 0 Å². The lowest BCUT2D eigenvalue weighted by atomic mass is 9.73. The molecule has 0 N–H and O–H groups in total. The van der Waals surface area contributed by atoms with Gasteiger partial charge >= 0.3 is 0 Å². The van der Waals surface area contributed by atoms with E-state index in [1.165, 1.54) is 232 Å². The third-order valence-corrected chi connectivity index (χ3v) is 24.0. The van der Waals surface area contributed by atoms with Gasteiger partial charge in [-0.1, -0.05) is 211 Å². The maximum atomic E-state index is 2.40. The van der Waals surface area contributed by atoms with Crippen LogP contribution < -0.4 is 13.7 Å². The van der Waals surface area contributed by atoms with Gasteiger partial charge in [0.2, 0.25) is 17.1 Å². The van der Waals surface area contributed by atoms with Crippen LogP contribution in [-0.2, 0) is 21.1 Å². The van der Waals surface area contributed by atoms with Crippen LogP contribution in [0.5, 0.6) is 0 Å². The summed E-state index contributed by atoms with van der Waals surface area (Å²) in [6.07, 6.45) is 40.3. The number of hydrogen-bond donors (Lipinski definition) is 0. The molecule has 4 atom stereocenters. The largest absolute Gasteiger partial charge is 0.212 e. The normalized spacial score (nSPS) is 22.0. The Morgan fingerprint density at radius 2 is 0.500 bits per heavy atom. The molecule has 474 valence electrons. The molecule has 3 heterocycles. The van der Waals surface area contributed by atoms with E-state index in [-0.39, 0.29) is 0 Å². The van der Waals surface area contributed by atoms with Crippen molar-refractivity contribution in [3.8, 4) is 67.2 Å². The van der Waals surface area contributed by atoms with Crippen molar-refractivity contribution in [1.29, 1.82) is 0 Å². The fourth-order valence-corrected chi connectivity index (χ4v) is 18.5. The number of nitrogens with zero attached hydrogens (tertiary/aromatic N) is 3. The second-order valence-corrected chi connectivity index (χ2v) is 29.7. The quantitative estimate of drug-likeness (QED) is 0.108. The van der Waals surface area contributed by atoms with Crippen molar-refractivity contribution >= 4 is 0 Å². The van der Waals surface area contributed by atoms with Crippen molar-refractivity contribution in [3.05, 3.63) is 234 Å². The Kier molecular flexibility index (Phi) is 20.6. The Hall–Kier alpha value is -7.23. The van der Waals surface area contributed by atoms with Gasteiger partial charge in [0.15, 0.2) is 18.6 Å². The summed E-state index contributed by atoms with van der Waals surface area (Å²) in [7, 11) is 6.47. The Bertz CT molecular complexity index is 3860. The molecule has 4 unspecified atom stereocenters. The van der Waals surface area contributed by atoms with Gasteiger partial charge in [-0.2, -0.15) is 0 Å². The van der Waals surface area contributed by atoms with Crippen LogP contribution in [0.1, 0.15) is 199 Å². The molecule has 0 spiro atoms. The first kappa shape index (κ1) is 63.5. The van der Waals surface area contributed by atoms with E-state index in [0.29, 0.717) is 0 Å². The van der Waals surface area contributed by atoms with Crippen molar-refractivity contribution < 1.29 is 13.7 Å². The van der Waals surface area contributed by atoms with E-state index in [9.17, 15) is 0 Å². The lowest BCUT2D eigenvalue weighted by molar-refractivity contribution is -0.660. The van der Waals surface area contributed by atoms with Gasteiger partial charge in [-0.05, 0) is 225 Å². The Morgan fingerprint density at radius 3 is 0.826 bits per heavy atom. The predicted molar refractivity (Wildman–Crippen MR) is 385 cm³/mol. The fraction of sp³-hybridized carbons (Fsp3) is 0.427. The molecule has 0 radical (unpaired) electrons. The lowest BCUT2D eigenvalue weighted by Gasteiger charge is -2.32. The molecule has 0 saturated heterocycles. The number of aryl methyl sites for hydroxylation is 6. The first-order chi connectivity index (χ1) is 45.1. The van der Waals surface area contributed by atoms with Crippen LogP contribution in [0.2, 0.25) is 0 Å². The van der Waals surface area contributed by atoms with E-state index in [2.05, 4.69) is 256 Å². The molecule has 92 heavy (non-hydrogen) atoms. The molecule has 15 rings (SSSR count). The molecule has 3 heteroatoms. The zero-order chi connectivity index (χ0) is 62.9. The number of hydrogen-bond acceptors (Lipinski definition) is 0. The highest BCUT2D eigenvalue weighted by atomic mass is 14.9. The van der Waals surface area contributed by atoms with E-state index in [4.69, 9.17) is 0 Å². The van der Waals surface area contributed by atoms with Crippen molar-refractivity contribution in [3.63, 3.8) is 0 Å². The van der Waals surface area contributed by atoms with Crippen LogP contribution in [0, 0.1) is 56.3 Å². The highest BCUT2D eigenvalue weighted by molar-refractivity contribution is 5.69. The summed E-state index contributed by atoms with van der Waals surface area (Å²) in [6, 6.07) is 67.8. The standard InChI is InChI=1S/2C30H36N.C29H34N/c1-22-7-3-6-10-29(22)30-20-19-28(21-31(30)2)27-17-15-26(16-18-27)25-13-11-24(12-14-25)23-8-4-5-9-23;1-22-8-6-7-11-29(22)30-19-18-28(21-31(30)2)25-14-12-24(13-15-25)27-17-16-26(20-27)23-9-4-3-5-10-23;1-21-7-3-6-10-28(21)29-18-17-27(20-30(29)2)24-13-11-23(12-14-24)26-16-15-25(19-26)22-8-4-5-9-22/h3,6-7,10,15-21,23-25H,4-5,8-9,11-14H2,1-2H3;6-8,11-15,18-19,21,23,26-27H,3-5,9-10,16-17,20H2,1-2H3;3,6-7,10-14,17-18,20,22,25-26H,4-5,8-9,15-16,19H2,1-2H3/q3*+1. The molecule has 6 fully saturated rings. The smallest absolute Gasteiger partial charge is 0.200 e. The summed E-state index contributed by atoms with van der Waals surface area (Å²) in [5.41, 5.74) is 24.1. The highest BCUT2D eigenvalue weighted by Gasteiger charge is 2.35. The molecule has 0 amide bonds. The molecule has 3 aromatic heterocycles. The van der Waals surface area contributed by atoms with E-state index >= 15 is 0 Å². The second kappa shape index (κ2) is 29.8. The minimum absolute atomic E-state index is 0.770. The highest BCUT2D eigenvalue weighted by Crippen LogP contribution is 2.49. The first-order valence-corrected chi connectivity index (χ1v) is 36.5. The van der Waals surface area contributed by atoms with Crippen molar-refractivity contribution in [2.45, 2.75) is 186 Å². The molecule has 9 aromatic rings. The molecule has 0 bridgehead atoms. The number of benzene rings is 6. The van der Waals surface area contributed by atoms with Crippen LogP contribution in [-0.4, -0.2) is 0 Å². The summed E-state index contributed by atoms with van der Waals surface area (Å²) in [6.45, 7) is 6.55. The summed E-state index contributed by atoms with van der Waals surface area (Å²) >= 11 is 0. The SMILES string of the molecule is Cc1ccccc1-c1ccc(-c2ccc(C3CCC(C4CCCC4)C3)cc2)c[n+]1C.Cc1ccccc1-c1ccc(-c2ccc(C3CCC(C4CCCC4)CC3)cc2)c[n+]1C.Cc1ccccc1-c1ccc(-c2ccc(C3CCC(C4CCCCC4)C3)cc2)c[n+]1C. The van der Waals surface area contributed by atoms with Crippen molar-refractivity contribution in [2.24, 2.45) is 56.7 Å². The van der Waals surface area contributed by atoms with Gasteiger partial charge in [-0.15, -0.1) is 0 Å². The monoisotopic (exact) mass is 1220 g/mol. The van der Waals surface area contributed by atoms with E-state index in [0.717, 1.165) is 53.3 Å². The van der Waals surface area contributed by atoms with Gasteiger partial charge in [0.1, 0.15) is 21.1 Å². The molecule has 6 aromatic carbocycles. The van der Waals surface area contributed by atoms with Crippen LogP contribution in [0.4, 0.5) is 0 Å². The summed E-state index contributed by atoms with van der Waals surface area (Å²) in [5, 5.41) is 0. The van der Waals surface area contributed by atoms with Crippen LogP contribution in [0.15, 0.2) is 201 Å². The maximum Gasteiger partial charge on any atom is 0.212 e. The first-order valence-electron chi connectivity index (χ1n) is 36.5. The van der Waals surface area contributed by atoms with E-state index in [1.54, 1.807) is 16.7 Å². The van der Waals surface area contributed by atoms with Crippen molar-refractivity contribution in [1.82, 2.24) is 0 Å². The van der Waals surface area contributed by atoms with Gasteiger partial charge in [-0.3, -0.25) is 0 Å². The maximum absolute atomic E-state index is 2.40. The zero-order valence-electron chi connectivity index (χ0n) is 56.9. The molecule has 6 saturated carbocycles.